The lowest BCUT2D eigenvalue weighted by Crippen LogP contribution is -2.54. The molecular weight excluding hydrogens is 743 g/mol. The second-order valence-electron chi connectivity index (χ2n) is 14.6. The van der Waals surface area contributed by atoms with Crippen LogP contribution in [0.4, 0.5) is 17.1 Å². The predicted molar refractivity (Wildman–Crippen MR) is 215 cm³/mol. The lowest BCUT2D eigenvalue weighted by atomic mass is 9.95. The van der Waals surface area contributed by atoms with Crippen molar-refractivity contribution in [3.63, 3.8) is 0 Å². The molecule has 1 atom stereocenters. The second kappa shape index (κ2) is 17.7. The average Bonchev–Trinajstić information content (AvgIpc) is 3.50. The van der Waals surface area contributed by atoms with Crippen LogP contribution in [0, 0.1) is 5.92 Å². The number of anilines is 3. The molecule has 6 amide bonds. The molecule has 0 aliphatic carbocycles. The van der Waals surface area contributed by atoms with Gasteiger partial charge < -0.3 is 25.6 Å². The second-order valence-corrected chi connectivity index (χ2v) is 14.6. The average molecular weight is 788 g/mol. The van der Waals surface area contributed by atoms with Crippen LogP contribution >= 0.6 is 0 Å². The summed E-state index contributed by atoms with van der Waals surface area (Å²) in [7, 11) is 1.59. The summed E-state index contributed by atoms with van der Waals surface area (Å²) in [5.74, 6) is -2.91. The summed E-state index contributed by atoms with van der Waals surface area (Å²) in [5.41, 5.74) is 3.81. The zero-order valence-electron chi connectivity index (χ0n) is 32.2. The van der Waals surface area contributed by atoms with E-state index in [1.54, 1.807) is 19.3 Å². The zero-order chi connectivity index (χ0) is 40.8. The number of pyridine rings is 1. The summed E-state index contributed by atoms with van der Waals surface area (Å²) in [6.45, 7) is 1.62. The number of carbonyl (C=O) groups excluding carboxylic acids is 7. The highest BCUT2D eigenvalue weighted by atomic mass is 16.5. The molecule has 0 saturated carbocycles. The number of hydrogen-bond acceptors (Lipinski definition) is 11. The first kappa shape index (κ1) is 39.6. The van der Waals surface area contributed by atoms with Gasteiger partial charge in [0.15, 0.2) is 5.78 Å². The van der Waals surface area contributed by atoms with E-state index in [0.29, 0.717) is 56.6 Å². The van der Waals surface area contributed by atoms with Crippen LogP contribution in [0.3, 0.4) is 0 Å². The van der Waals surface area contributed by atoms with Gasteiger partial charge in [-0.1, -0.05) is 30.7 Å². The van der Waals surface area contributed by atoms with Gasteiger partial charge in [0.1, 0.15) is 18.4 Å². The Morgan fingerprint density at radius 1 is 0.897 bits per heavy atom. The van der Waals surface area contributed by atoms with Gasteiger partial charge in [0.2, 0.25) is 17.7 Å². The number of rotatable bonds is 15. The molecule has 58 heavy (non-hydrogen) atoms. The number of amides is 6. The molecule has 2 saturated heterocycles. The van der Waals surface area contributed by atoms with Crippen LogP contribution in [-0.4, -0.2) is 90.4 Å². The number of para-hydroxylation sites is 1. The highest BCUT2D eigenvalue weighted by molar-refractivity contribution is 6.24. The molecule has 15 nitrogen and oxygen atoms in total. The Hall–Kier alpha value is -6.64. The molecule has 7 rings (SSSR count). The fraction of sp³-hybridized carbons (Fsp3) is 0.349. The molecule has 300 valence electrons. The highest BCUT2D eigenvalue weighted by Crippen LogP contribution is 2.35. The van der Waals surface area contributed by atoms with Gasteiger partial charge >= 0.3 is 0 Å². The number of benzene rings is 3. The van der Waals surface area contributed by atoms with Crippen LogP contribution in [0.25, 0.3) is 10.9 Å². The van der Waals surface area contributed by atoms with Gasteiger partial charge in [0.25, 0.3) is 17.7 Å². The highest BCUT2D eigenvalue weighted by Gasteiger charge is 2.46. The maximum Gasteiger partial charge on any atom is 0.266 e. The van der Waals surface area contributed by atoms with Crippen LogP contribution in [-0.2, 0) is 19.2 Å². The third kappa shape index (κ3) is 8.53. The zero-order valence-corrected chi connectivity index (χ0v) is 32.2. The Morgan fingerprint density at radius 2 is 1.69 bits per heavy atom. The SMILES string of the molecule is CNC(=O)c1cnc2ccc(N3CCC(C(=O)NCCCCCC(=O)COc4cccc5c4C(=O)N(C4CCC(=O)NC4=O)C5=O)CC3)cc2c1Nc1ccccc1. The van der Waals surface area contributed by atoms with E-state index < -0.39 is 29.7 Å². The number of imide groups is 2. The molecule has 0 radical (unpaired) electrons. The molecule has 1 unspecified atom stereocenters. The van der Waals surface area contributed by atoms with Crippen molar-refractivity contribution >= 4 is 69.2 Å². The number of fused-ring (bicyclic) bond motifs is 2. The summed E-state index contributed by atoms with van der Waals surface area (Å²) >= 11 is 0. The van der Waals surface area contributed by atoms with Gasteiger partial charge in [-0.05, 0) is 74.6 Å². The first-order valence-corrected chi connectivity index (χ1v) is 19.6. The number of ketones is 1. The number of hydrogen-bond donors (Lipinski definition) is 4. The van der Waals surface area contributed by atoms with Crippen molar-refractivity contribution < 1.29 is 38.3 Å². The number of aromatic nitrogens is 1. The quantitative estimate of drug-likeness (QED) is 0.0992. The molecule has 4 aromatic rings. The van der Waals surface area contributed by atoms with E-state index in [9.17, 15) is 33.6 Å². The molecule has 4 N–H and O–H groups in total. The van der Waals surface area contributed by atoms with Crippen LogP contribution in [0.1, 0.15) is 82.4 Å². The fourth-order valence-electron chi connectivity index (χ4n) is 7.70. The van der Waals surface area contributed by atoms with Crippen molar-refractivity contribution in [2.45, 2.75) is 57.4 Å². The number of nitrogens with zero attached hydrogens (tertiary/aromatic N) is 3. The Labute approximate surface area is 334 Å². The molecule has 3 aliphatic rings. The molecule has 3 aliphatic heterocycles. The fourth-order valence-corrected chi connectivity index (χ4v) is 7.70. The molecule has 2 fully saturated rings. The van der Waals surface area contributed by atoms with Crippen LogP contribution in [0.15, 0.2) is 72.9 Å². The van der Waals surface area contributed by atoms with Crippen LogP contribution < -0.4 is 30.9 Å². The van der Waals surface area contributed by atoms with E-state index in [2.05, 4.69) is 31.2 Å². The number of nitrogens with one attached hydrogen (secondary N) is 4. The number of unbranched alkanes of at least 4 members (excludes halogenated alkanes) is 2. The number of Topliss-reactive ketones (excluding diaryl/α,β-unsaturated/α-hetero) is 1. The molecule has 3 aromatic carbocycles. The lowest BCUT2D eigenvalue weighted by Gasteiger charge is -2.33. The Kier molecular flexibility index (Phi) is 12.1. The summed E-state index contributed by atoms with van der Waals surface area (Å²) in [6.07, 6.45) is 5.31. The minimum absolute atomic E-state index is 0.000858. The number of carbonyl (C=O) groups is 7. The van der Waals surface area contributed by atoms with Crippen molar-refractivity contribution in [2.24, 2.45) is 5.92 Å². The molecule has 0 spiro atoms. The Balaban J connectivity index is 0.837. The van der Waals surface area contributed by atoms with E-state index in [0.717, 1.165) is 33.6 Å². The molecule has 0 bridgehead atoms. The van der Waals surface area contributed by atoms with Crippen LogP contribution in [0.5, 0.6) is 5.75 Å². The first-order chi connectivity index (χ1) is 28.1. The van der Waals surface area contributed by atoms with Gasteiger partial charge in [0.05, 0.1) is 27.9 Å². The van der Waals surface area contributed by atoms with Gasteiger partial charge in [-0.3, -0.25) is 48.8 Å². The van der Waals surface area contributed by atoms with Crippen molar-refractivity contribution in [1.82, 2.24) is 25.8 Å². The maximum atomic E-state index is 13.3. The van der Waals surface area contributed by atoms with Crippen molar-refractivity contribution in [1.29, 1.82) is 0 Å². The van der Waals surface area contributed by atoms with Crippen LogP contribution in [0.2, 0.25) is 0 Å². The third-order valence-electron chi connectivity index (χ3n) is 10.8. The predicted octanol–water partition coefficient (Wildman–Crippen LogP) is 4.28. The largest absolute Gasteiger partial charge is 0.485 e. The topological polar surface area (TPSA) is 196 Å². The van der Waals surface area contributed by atoms with Crippen molar-refractivity contribution in [3.8, 4) is 5.75 Å². The summed E-state index contributed by atoms with van der Waals surface area (Å²) < 4.78 is 5.70. The minimum atomic E-state index is -1.09. The summed E-state index contributed by atoms with van der Waals surface area (Å²) in [6, 6.07) is 19.1. The third-order valence-corrected chi connectivity index (χ3v) is 10.8. The standard InChI is InChI=1S/C43H45N7O8/c1-44-40(54)32-24-46-33-15-14-28(23-31(33)38(32)47-27-9-4-2-5-10-27)49-21-18-26(19-22-49)39(53)45-20-7-3-6-11-29(51)25-58-35-13-8-12-30-37(35)43(57)50(42(30)56)34-16-17-36(52)48-41(34)55/h2,4-5,8-10,12-15,23-24,26,34H,3,6-7,11,16-22,25H2,1H3,(H,44,54)(H,45,53)(H,46,47)(H,48,52,55). The van der Waals surface area contributed by atoms with Gasteiger partial charge in [-0.15, -0.1) is 0 Å². The smallest absolute Gasteiger partial charge is 0.266 e. The Morgan fingerprint density at radius 3 is 2.45 bits per heavy atom. The van der Waals surface area contributed by atoms with Gasteiger partial charge in [-0.25, -0.2) is 0 Å². The van der Waals surface area contributed by atoms with Gasteiger partial charge in [-0.2, -0.15) is 0 Å². The first-order valence-electron chi connectivity index (χ1n) is 19.6. The van der Waals surface area contributed by atoms with E-state index in [4.69, 9.17) is 4.74 Å². The summed E-state index contributed by atoms with van der Waals surface area (Å²) in [5, 5.41) is 12.2. The Bertz CT molecular complexity index is 2270. The van der Waals surface area contributed by atoms with Crippen molar-refractivity contribution in [2.75, 3.05) is 43.5 Å². The number of piperidine rings is 2. The normalized spacial score (nSPS) is 16.9. The maximum absolute atomic E-state index is 13.3. The molecule has 1 aromatic heterocycles. The van der Waals surface area contributed by atoms with E-state index in [1.807, 2.05) is 48.5 Å². The van der Waals surface area contributed by atoms with E-state index >= 15 is 0 Å². The molecule has 15 heteroatoms. The number of ether oxygens (including phenoxy) is 1. The lowest BCUT2D eigenvalue weighted by molar-refractivity contribution is -0.136. The van der Waals surface area contributed by atoms with Crippen molar-refractivity contribution in [3.05, 3.63) is 89.6 Å². The molecular formula is C43H45N7O8. The monoisotopic (exact) mass is 787 g/mol. The summed E-state index contributed by atoms with van der Waals surface area (Å²) in [4.78, 5) is 96.4. The molecule has 4 heterocycles. The van der Waals surface area contributed by atoms with E-state index in [1.165, 1.54) is 12.1 Å². The van der Waals surface area contributed by atoms with Gasteiger partial charge in [0, 0.05) is 68.4 Å². The minimum Gasteiger partial charge on any atom is -0.485 e. The van der Waals surface area contributed by atoms with E-state index in [-0.39, 0.29) is 66.3 Å².